The van der Waals surface area contributed by atoms with Crippen LogP contribution in [0.5, 0.6) is 0 Å². The normalized spacial score (nSPS) is 16.8. The minimum absolute atomic E-state index is 0.0101. The number of anilines is 1. The Hall–Kier alpha value is -3.72. The van der Waals surface area contributed by atoms with Gasteiger partial charge >= 0.3 is 6.03 Å². The van der Waals surface area contributed by atoms with E-state index in [1.807, 2.05) is 12.1 Å². The molecule has 160 valence electrons. The number of amides is 5. The summed E-state index contributed by atoms with van der Waals surface area (Å²) in [6.45, 7) is 2.64. The predicted molar refractivity (Wildman–Crippen MR) is 113 cm³/mol. The molecule has 9 nitrogen and oxygen atoms in total. The summed E-state index contributed by atoms with van der Waals surface area (Å²) in [5.74, 6) is -0.500. The number of hydrogen-bond acceptors (Lipinski definition) is 5. The Labute approximate surface area is 179 Å². The quantitative estimate of drug-likeness (QED) is 0.601. The molecule has 2 aliphatic rings. The van der Waals surface area contributed by atoms with Crippen LogP contribution >= 0.6 is 0 Å². The van der Waals surface area contributed by atoms with Gasteiger partial charge in [0.1, 0.15) is 0 Å². The summed E-state index contributed by atoms with van der Waals surface area (Å²) >= 11 is 0. The van der Waals surface area contributed by atoms with E-state index in [1.165, 1.54) is 0 Å². The summed E-state index contributed by atoms with van der Waals surface area (Å²) in [6, 6.07) is 13.9. The second-order valence-electron chi connectivity index (χ2n) is 7.55. The number of carbonyl (C=O) groups is 4. The lowest BCUT2D eigenvalue weighted by Gasteiger charge is -2.26. The summed E-state index contributed by atoms with van der Waals surface area (Å²) in [4.78, 5) is 50.8. The number of nitrogens with zero attached hydrogens (tertiary/aromatic N) is 2. The molecule has 0 aromatic heterocycles. The zero-order valence-corrected chi connectivity index (χ0v) is 16.9. The van der Waals surface area contributed by atoms with Gasteiger partial charge in [-0.1, -0.05) is 24.3 Å². The highest BCUT2D eigenvalue weighted by atomic mass is 16.2. The van der Waals surface area contributed by atoms with E-state index in [0.29, 0.717) is 30.9 Å². The molecule has 2 saturated heterocycles. The van der Waals surface area contributed by atoms with Crippen molar-refractivity contribution in [1.82, 2.24) is 20.4 Å². The van der Waals surface area contributed by atoms with Crippen molar-refractivity contribution in [3.05, 3.63) is 65.2 Å². The van der Waals surface area contributed by atoms with Crippen LogP contribution in [0, 0.1) is 0 Å². The van der Waals surface area contributed by atoms with Gasteiger partial charge in [0, 0.05) is 30.9 Å². The summed E-state index contributed by atoms with van der Waals surface area (Å²) in [6.07, 6.45) is 0. The number of nitrogens with one attached hydrogen (secondary N) is 3. The third kappa shape index (κ3) is 5.07. The molecule has 0 bridgehead atoms. The van der Waals surface area contributed by atoms with Gasteiger partial charge in [-0.15, -0.1) is 0 Å². The Morgan fingerprint density at radius 3 is 2.48 bits per heavy atom. The molecule has 2 aliphatic heterocycles. The van der Waals surface area contributed by atoms with Gasteiger partial charge in [-0.2, -0.15) is 0 Å². The van der Waals surface area contributed by atoms with Crippen LogP contribution in [0.1, 0.15) is 21.5 Å². The van der Waals surface area contributed by atoms with Crippen molar-refractivity contribution in [3.63, 3.8) is 0 Å². The van der Waals surface area contributed by atoms with Crippen LogP contribution in [0.4, 0.5) is 10.5 Å². The third-order valence-corrected chi connectivity index (χ3v) is 5.20. The molecule has 2 fully saturated rings. The van der Waals surface area contributed by atoms with Crippen molar-refractivity contribution < 1.29 is 19.2 Å². The second-order valence-corrected chi connectivity index (χ2v) is 7.55. The van der Waals surface area contributed by atoms with Crippen LogP contribution in [0.25, 0.3) is 0 Å². The Bertz CT molecular complexity index is 1000. The fourth-order valence-electron chi connectivity index (χ4n) is 3.59. The maximum absolute atomic E-state index is 12.6. The lowest BCUT2D eigenvalue weighted by molar-refractivity contribution is -0.125. The van der Waals surface area contributed by atoms with Crippen LogP contribution in [0.2, 0.25) is 0 Å². The number of carbonyl (C=O) groups excluding carboxylic acids is 4. The van der Waals surface area contributed by atoms with E-state index in [0.717, 1.165) is 22.6 Å². The minimum Gasteiger partial charge on any atom is -0.354 e. The van der Waals surface area contributed by atoms with Crippen molar-refractivity contribution in [2.45, 2.75) is 13.1 Å². The van der Waals surface area contributed by atoms with Gasteiger partial charge in [0.25, 0.3) is 5.91 Å². The lowest BCUT2D eigenvalue weighted by atomic mass is 10.1. The monoisotopic (exact) mass is 421 g/mol. The number of benzene rings is 2. The average molecular weight is 421 g/mol. The van der Waals surface area contributed by atoms with Crippen molar-refractivity contribution in [3.8, 4) is 0 Å². The first-order valence-electron chi connectivity index (χ1n) is 10.0. The molecule has 0 unspecified atom stereocenters. The molecule has 0 spiro atoms. The van der Waals surface area contributed by atoms with Crippen molar-refractivity contribution in [2.24, 2.45) is 0 Å². The fraction of sp³-hybridized carbons (Fsp3) is 0.273. The van der Waals surface area contributed by atoms with Crippen molar-refractivity contribution in [1.29, 1.82) is 0 Å². The van der Waals surface area contributed by atoms with Crippen LogP contribution < -0.4 is 16.0 Å². The van der Waals surface area contributed by atoms with E-state index in [9.17, 15) is 19.2 Å². The SMILES string of the molecule is O=C1CN(Cc2ccc(C(=O)Nc3cccc(CN4C(=O)CNC4=O)c3)cc2)CCN1. The van der Waals surface area contributed by atoms with E-state index < -0.39 is 6.03 Å². The van der Waals surface area contributed by atoms with Gasteiger partial charge in [-0.3, -0.25) is 24.2 Å². The highest BCUT2D eigenvalue weighted by Gasteiger charge is 2.28. The molecule has 2 aromatic rings. The van der Waals surface area contributed by atoms with Gasteiger partial charge < -0.3 is 16.0 Å². The maximum atomic E-state index is 12.6. The molecule has 0 radical (unpaired) electrons. The van der Waals surface area contributed by atoms with E-state index in [1.54, 1.807) is 36.4 Å². The molecule has 9 heteroatoms. The van der Waals surface area contributed by atoms with E-state index >= 15 is 0 Å². The molecule has 2 aromatic carbocycles. The van der Waals surface area contributed by atoms with Crippen molar-refractivity contribution >= 4 is 29.4 Å². The number of piperazine rings is 1. The molecular weight excluding hydrogens is 398 g/mol. The van der Waals surface area contributed by atoms with Gasteiger partial charge in [0.2, 0.25) is 11.8 Å². The van der Waals surface area contributed by atoms with Crippen LogP contribution in [0.15, 0.2) is 48.5 Å². The Kier molecular flexibility index (Phi) is 5.94. The van der Waals surface area contributed by atoms with Crippen LogP contribution in [-0.2, 0) is 22.7 Å². The third-order valence-electron chi connectivity index (χ3n) is 5.20. The average Bonchev–Trinajstić information content (AvgIpc) is 3.07. The van der Waals surface area contributed by atoms with Gasteiger partial charge in [-0.25, -0.2) is 4.79 Å². The summed E-state index contributed by atoms with van der Waals surface area (Å²) in [7, 11) is 0. The van der Waals surface area contributed by atoms with Gasteiger partial charge in [0.15, 0.2) is 0 Å². The zero-order chi connectivity index (χ0) is 21.8. The first-order chi connectivity index (χ1) is 15.0. The summed E-state index contributed by atoms with van der Waals surface area (Å²) in [5.41, 5.74) is 2.86. The molecule has 5 amide bonds. The predicted octanol–water partition coefficient (Wildman–Crippen LogP) is 0.922. The Morgan fingerprint density at radius 2 is 1.77 bits per heavy atom. The van der Waals surface area contributed by atoms with E-state index in [-0.39, 0.29) is 30.8 Å². The van der Waals surface area contributed by atoms with Crippen molar-refractivity contribution in [2.75, 3.05) is 31.5 Å². The highest BCUT2D eigenvalue weighted by molar-refractivity contribution is 6.04. The van der Waals surface area contributed by atoms with Gasteiger partial charge in [0.05, 0.1) is 19.6 Å². The van der Waals surface area contributed by atoms with Gasteiger partial charge in [-0.05, 0) is 35.4 Å². The van der Waals surface area contributed by atoms with Crippen LogP contribution in [-0.4, -0.2) is 59.7 Å². The molecule has 0 saturated carbocycles. The van der Waals surface area contributed by atoms with Crippen LogP contribution in [0.3, 0.4) is 0 Å². The standard InChI is InChI=1S/C22H23N5O4/c28-19-14-26(9-8-23-19)12-15-4-6-17(7-5-15)21(30)25-18-3-1-2-16(10-18)13-27-20(29)11-24-22(27)31/h1-7,10H,8-9,11-14H2,(H,23,28)(H,24,31)(H,25,30). The molecule has 2 heterocycles. The first-order valence-corrected chi connectivity index (χ1v) is 10.0. The summed E-state index contributed by atoms with van der Waals surface area (Å²) in [5, 5.41) is 8.13. The molecule has 31 heavy (non-hydrogen) atoms. The smallest absolute Gasteiger partial charge is 0.324 e. The van der Waals surface area contributed by atoms with E-state index in [2.05, 4.69) is 20.9 Å². The number of urea groups is 1. The molecule has 0 aliphatic carbocycles. The van der Waals surface area contributed by atoms with E-state index in [4.69, 9.17) is 0 Å². The Morgan fingerprint density at radius 1 is 0.968 bits per heavy atom. The number of hydrogen-bond donors (Lipinski definition) is 3. The highest BCUT2D eigenvalue weighted by Crippen LogP contribution is 2.16. The molecule has 0 atom stereocenters. The number of rotatable bonds is 6. The topological polar surface area (TPSA) is 111 Å². The molecule has 3 N–H and O–H groups in total. The molecular formula is C22H23N5O4. The second kappa shape index (κ2) is 8.97. The molecule has 4 rings (SSSR count). The fourth-order valence-corrected chi connectivity index (χ4v) is 3.59. The summed E-state index contributed by atoms with van der Waals surface area (Å²) < 4.78 is 0. The number of imide groups is 1. The minimum atomic E-state index is -0.412. The first kappa shape index (κ1) is 20.5. The maximum Gasteiger partial charge on any atom is 0.324 e. The lowest BCUT2D eigenvalue weighted by Crippen LogP contribution is -2.47. The largest absolute Gasteiger partial charge is 0.354 e. The Balaban J connectivity index is 1.36. The zero-order valence-electron chi connectivity index (χ0n) is 16.9.